The van der Waals surface area contributed by atoms with Crippen molar-refractivity contribution in [2.45, 2.75) is 5.01 Å². The van der Waals surface area contributed by atoms with Crippen LogP contribution in [0.4, 0.5) is 0 Å². The van der Waals surface area contributed by atoms with Crippen molar-refractivity contribution in [1.29, 1.82) is 5.16 Å². The molecule has 0 saturated carbocycles. The number of hydrogen-bond donors (Lipinski definition) is 0. The van der Waals surface area contributed by atoms with Crippen molar-refractivity contribution >= 4 is 33.5 Å². The Morgan fingerprint density at radius 1 is 1.00 bits per heavy atom. The van der Waals surface area contributed by atoms with E-state index in [9.17, 15) is 0 Å². The molecule has 1 nitrogen and oxygen atoms in total. The Morgan fingerprint density at radius 3 is 1.14 bits per heavy atom. The van der Waals surface area contributed by atoms with Crippen molar-refractivity contribution in [1.82, 2.24) is 0 Å². The molecule has 6 heteroatoms. The van der Waals surface area contributed by atoms with E-state index < -0.39 is 0 Å². The third kappa shape index (κ3) is 0.0957. The summed E-state index contributed by atoms with van der Waals surface area (Å²) in [5.74, 6) is 0. The Kier molecular flexibility index (Phi) is 0.211. The van der Waals surface area contributed by atoms with Crippen LogP contribution in [-0.2, 0) is 0 Å². The van der Waals surface area contributed by atoms with Crippen LogP contribution in [0.5, 0.6) is 0 Å². The van der Waals surface area contributed by atoms with Crippen LogP contribution in [0.3, 0.4) is 0 Å². The molecular formula is CB5N. The van der Waals surface area contributed by atoms with Crippen molar-refractivity contribution in [3.05, 3.63) is 0 Å². The average Bonchev–Trinajstić information content (AvgIpc) is 2.13. The van der Waals surface area contributed by atoms with Crippen LogP contribution in [0.1, 0.15) is 0 Å². The van der Waals surface area contributed by atoms with E-state index in [4.69, 9.17) is 5.16 Å². The van der Waals surface area contributed by atoms with E-state index >= 15 is 0 Å². The zero-order chi connectivity index (χ0) is 4.81. The summed E-state index contributed by atoms with van der Waals surface area (Å²) in [6.45, 7) is 5.42. The van der Waals surface area contributed by atoms with Crippen LogP contribution in [0.15, 0.2) is 0 Å². The van der Waals surface area contributed by atoms with Gasteiger partial charge in [-0.25, -0.2) is 0 Å². The fraction of sp³-hybridized carbons (Fsp3) is 1.00. The van der Waals surface area contributed by atoms with Crippen molar-refractivity contribution in [3.8, 4) is 0 Å². The Morgan fingerprint density at radius 2 is 1.14 bits per heavy atom. The van der Waals surface area contributed by atoms with E-state index in [0.29, 0.717) is 0 Å². The van der Waals surface area contributed by atoms with Crippen molar-refractivity contribution in [3.63, 3.8) is 0 Å². The number of nitrogens with zero attached hydrogens (tertiary/aromatic N) is 1. The van der Waals surface area contributed by atoms with E-state index in [-0.39, 0.29) is 0 Å². The van der Waals surface area contributed by atoms with E-state index in [2.05, 4.69) is 7.49 Å². The number of fused-ring (bicyclic) bond motifs is 4. The molecule has 4 saturated heterocycles. The first-order valence-electron chi connectivity index (χ1n) is 2.75. The van der Waals surface area contributed by atoms with Crippen LogP contribution in [-0.4, -0.2) is 33.5 Å². The zero-order valence-electron chi connectivity index (χ0n) is 3.83. The Hall–Kier alpha value is 0.0347. The van der Waals surface area contributed by atoms with Crippen LogP contribution in [0, 0.1) is 5.16 Å². The van der Waals surface area contributed by atoms with Gasteiger partial charge in [0.15, 0.2) is 0 Å². The summed E-state index contributed by atoms with van der Waals surface area (Å²) in [5.41, 5.74) is 0. The summed E-state index contributed by atoms with van der Waals surface area (Å²) in [4.78, 5) is 0. The van der Waals surface area contributed by atoms with E-state index in [1.165, 1.54) is 31.0 Å². The fourth-order valence-corrected chi connectivity index (χ4v) is 2.66. The average molecular weight is 80.1 g/mol. The third-order valence-electron chi connectivity index (χ3n) is 3.42. The predicted molar refractivity (Wildman–Crippen MR) is 33.2 cm³/mol. The molecule has 0 N–H and O–H groups in total. The van der Waals surface area contributed by atoms with Gasteiger partial charge in [0.25, 0.3) is 0 Å². The van der Waals surface area contributed by atoms with E-state index in [1.807, 2.05) is 0 Å². The molecule has 0 radical (unpaired) electrons. The maximum Gasteiger partial charge on any atom is 0.0410 e. The van der Waals surface area contributed by atoms with Gasteiger partial charge in [-0.1, -0.05) is 0 Å². The normalized spacial score (nSPS) is 35.0. The molecule has 0 atom stereocenters. The van der Waals surface area contributed by atoms with Crippen molar-refractivity contribution < 1.29 is 0 Å². The molecule has 0 unspecified atom stereocenters. The van der Waals surface area contributed by atoms with Crippen molar-refractivity contribution in [2.75, 3.05) is 0 Å². The second-order valence-corrected chi connectivity index (χ2v) is 3.10. The number of rotatable bonds is 0. The maximum absolute atomic E-state index is 6.50. The fourth-order valence-electron chi connectivity index (χ4n) is 2.66. The summed E-state index contributed by atoms with van der Waals surface area (Å²) in [7, 11) is 3.50. The van der Waals surface area contributed by atoms with Gasteiger partial charge < -0.3 is 0 Å². The van der Waals surface area contributed by atoms with Gasteiger partial charge in [0.1, 0.15) is 0 Å². The standard InChI is InChI=1S/CB4.BN/c2-1-3(2)5(1)4(1)2;1-2. The van der Waals surface area contributed by atoms with Crippen LogP contribution in [0.2, 0.25) is 5.01 Å². The molecular weight excluding hydrogens is 80.1 g/mol. The zero-order valence-corrected chi connectivity index (χ0v) is 3.83. The van der Waals surface area contributed by atoms with E-state index in [0.717, 1.165) is 0 Å². The Bertz CT molecular complexity index is 140. The molecule has 4 aliphatic rings. The molecule has 7 heavy (non-hydrogen) atoms. The third-order valence-corrected chi connectivity index (χ3v) is 3.42. The molecule has 0 aliphatic carbocycles. The SMILES string of the molecule is B#N.B12B3B4B1C234. The Labute approximate surface area is 44.5 Å². The summed E-state index contributed by atoms with van der Waals surface area (Å²) >= 11 is 0. The first-order valence-corrected chi connectivity index (χ1v) is 2.75. The van der Waals surface area contributed by atoms with Gasteiger partial charge in [-0.2, -0.15) is 5.01 Å². The molecule has 0 aromatic carbocycles. The first-order chi connectivity index (χ1) is 3.49. The molecule has 0 aromatic heterocycles. The number of hydrogen-bond acceptors (Lipinski definition) is 1. The minimum atomic E-state index is 1.17. The molecule has 4 fully saturated rings. The molecule has 4 rings (SSSR count). The summed E-state index contributed by atoms with van der Waals surface area (Å²) in [5, 5.41) is 7.67. The van der Waals surface area contributed by atoms with Gasteiger partial charge in [-0.3, -0.25) is 0 Å². The largest absolute Gasteiger partial charge is 0.164 e. The molecule has 4 heterocycles. The summed E-state index contributed by atoms with van der Waals surface area (Å²) < 4.78 is 0. The predicted octanol–water partition coefficient (Wildman–Crippen LogP) is -1.67. The van der Waals surface area contributed by atoms with E-state index in [1.54, 1.807) is 0 Å². The molecule has 0 bridgehead atoms. The van der Waals surface area contributed by atoms with Gasteiger partial charge in [0, 0.05) is 26.0 Å². The smallest absolute Gasteiger partial charge is 0.0410 e. The van der Waals surface area contributed by atoms with Crippen LogP contribution < -0.4 is 0 Å². The minimum absolute atomic E-state index is 1.17. The monoisotopic (exact) mass is 81.0 g/mol. The quantitative estimate of drug-likeness (QED) is 0.319. The van der Waals surface area contributed by atoms with Gasteiger partial charge >= 0.3 is 12.6 Å². The second-order valence-electron chi connectivity index (χ2n) is 3.10. The van der Waals surface area contributed by atoms with Gasteiger partial charge in [0.2, 0.25) is 0 Å². The molecule has 24 valence electrons. The van der Waals surface area contributed by atoms with Gasteiger partial charge in [-0.05, 0) is 0 Å². The van der Waals surface area contributed by atoms with Crippen LogP contribution in [0.25, 0.3) is 0 Å². The maximum atomic E-state index is 6.50. The molecule has 0 aromatic rings. The summed E-state index contributed by atoms with van der Waals surface area (Å²) in [6.07, 6.45) is 0. The topological polar surface area (TPSA) is 23.8 Å². The van der Waals surface area contributed by atoms with Gasteiger partial charge in [0.05, 0.1) is 0 Å². The Balaban J connectivity index is 0.0000000945. The second kappa shape index (κ2) is 0.470. The first kappa shape index (κ1) is 3.14. The summed E-state index contributed by atoms with van der Waals surface area (Å²) in [6, 6.07) is 0. The van der Waals surface area contributed by atoms with Gasteiger partial charge in [-0.15, -0.1) is 0 Å². The van der Waals surface area contributed by atoms with Crippen molar-refractivity contribution in [2.24, 2.45) is 0 Å². The minimum Gasteiger partial charge on any atom is -0.164 e. The molecule has 0 amide bonds. The molecule has 4 aliphatic heterocycles. The van der Waals surface area contributed by atoms with Crippen LogP contribution >= 0.6 is 0 Å². The molecule has 1 spiro atoms.